The Kier molecular flexibility index (Phi) is 6.53. The normalized spacial score (nSPS) is 13.2. The fourth-order valence-corrected chi connectivity index (χ4v) is 10.2. The van der Waals surface area contributed by atoms with E-state index in [1.165, 1.54) is 97.2 Å². The summed E-state index contributed by atoms with van der Waals surface area (Å²) in [4.78, 5) is 2.57. The van der Waals surface area contributed by atoms with Gasteiger partial charge < -0.3 is 4.90 Å². The molecule has 0 spiro atoms. The standard InChI is InChI=1S/C51H35NS/c1-51(2)44-30-35-16-4-3-15-34(35)29-42(44)41-22-12-23-46(50(41)51)52(36-26-28-48-43(31-36)39-20-9-10-24-47(39)53-48)45-27-25-33-14-6-8-19-38(33)49(45)40-21-11-17-32-13-5-7-18-37(32)40/h3-31H,1-2H3. The maximum Gasteiger partial charge on any atom is 0.0546 e. The molecular weight excluding hydrogens is 659 g/mol. The van der Waals surface area contributed by atoms with Gasteiger partial charge in [0.1, 0.15) is 0 Å². The van der Waals surface area contributed by atoms with Crippen molar-refractivity contribution >= 4 is 80.9 Å². The minimum atomic E-state index is -0.237. The number of thiophene rings is 1. The topological polar surface area (TPSA) is 3.24 Å². The number of rotatable bonds is 4. The van der Waals surface area contributed by atoms with Gasteiger partial charge in [-0.25, -0.2) is 0 Å². The zero-order chi connectivity index (χ0) is 35.3. The quantitative estimate of drug-likeness (QED) is 0.177. The summed E-state index contributed by atoms with van der Waals surface area (Å²) in [6, 6.07) is 65.6. The summed E-state index contributed by atoms with van der Waals surface area (Å²) in [5, 5.41) is 10.1. The lowest BCUT2D eigenvalue weighted by atomic mass is 9.80. The smallest absolute Gasteiger partial charge is 0.0546 e. The molecule has 10 aromatic rings. The first-order chi connectivity index (χ1) is 26.0. The van der Waals surface area contributed by atoms with E-state index in [0.29, 0.717) is 0 Å². The Bertz CT molecular complexity index is 3100. The Hall–Kier alpha value is -6.22. The zero-order valence-electron chi connectivity index (χ0n) is 29.6. The molecule has 0 N–H and O–H groups in total. The second-order valence-corrected chi connectivity index (χ2v) is 16.0. The van der Waals surface area contributed by atoms with E-state index in [0.717, 1.165) is 5.69 Å². The molecule has 0 atom stereocenters. The van der Waals surface area contributed by atoms with Gasteiger partial charge >= 0.3 is 0 Å². The molecule has 1 aromatic heterocycles. The number of benzene rings is 9. The molecule has 11 rings (SSSR count). The molecule has 1 aliphatic carbocycles. The lowest BCUT2D eigenvalue weighted by Crippen LogP contribution is -2.21. The van der Waals surface area contributed by atoms with Crippen LogP contribution < -0.4 is 4.90 Å². The molecule has 0 amide bonds. The van der Waals surface area contributed by atoms with Crippen molar-refractivity contribution in [3.8, 4) is 22.3 Å². The van der Waals surface area contributed by atoms with Gasteiger partial charge in [0.25, 0.3) is 0 Å². The van der Waals surface area contributed by atoms with Gasteiger partial charge in [-0.05, 0) is 109 Å². The van der Waals surface area contributed by atoms with E-state index < -0.39 is 0 Å². The van der Waals surface area contributed by atoms with Crippen LogP contribution in [-0.4, -0.2) is 0 Å². The number of fused-ring (bicyclic) bond motifs is 9. The van der Waals surface area contributed by atoms with Crippen LogP contribution in [0.3, 0.4) is 0 Å². The Labute approximate surface area is 313 Å². The second-order valence-electron chi connectivity index (χ2n) is 14.9. The van der Waals surface area contributed by atoms with Gasteiger partial charge in [-0.1, -0.05) is 141 Å². The Morgan fingerprint density at radius 3 is 1.87 bits per heavy atom. The van der Waals surface area contributed by atoms with Crippen molar-refractivity contribution in [2.24, 2.45) is 0 Å². The van der Waals surface area contributed by atoms with Crippen molar-refractivity contribution in [1.29, 1.82) is 0 Å². The molecule has 9 aromatic carbocycles. The van der Waals surface area contributed by atoms with Crippen molar-refractivity contribution in [2.75, 3.05) is 4.90 Å². The van der Waals surface area contributed by atoms with Crippen molar-refractivity contribution in [3.63, 3.8) is 0 Å². The first kappa shape index (κ1) is 30.4. The molecule has 1 nitrogen and oxygen atoms in total. The van der Waals surface area contributed by atoms with E-state index in [2.05, 4.69) is 195 Å². The molecule has 2 heteroatoms. The molecule has 1 aliphatic rings. The van der Waals surface area contributed by atoms with Gasteiger partial charge in [0, 0.05) is 36.8 Å². The number of hydrogen-bond donors (Lipinski definition) is 0. The van der Waals surface area contributed by atoms with Crippen molar-refractivity contribution in [3.05, 3.63) is 187 Å². The van der Waals surface area contributed by atoms with Crippen LogP contribution in [0.2, 0.25) is 0 Å². The summed E-state index contributed by atoms with van der Waals surface area (Å²) < 4.78 is 2.62. The maximum absolute atomic E-state index is 2.57. The van der Waals surface area contributed by atoms with Crippen LogP contribution in [0.1, 0.15) is 25.0 Å². The summed E-state index contributed by atoms with van der Waals surface area (Å²) in [6.45, 7) is 4.82. The first-order valence-corrected chi connectivity index (χ1v) is 19.2. The van der Waals surface area contributed by atoms with Gasteiger partial charge in [0.15, 0.2) is 0 Å². The summed E-state index contributed by atoms with van der Waals surface area (Å²) in [5.74, 6) is 0. The van der Waals surface area contributed by atoms with Gasteiger partial charge in [-0.2, -0.15) is 0 Å². The maximum atomic E-state index is 2.57. The molecule has 0 bridgehead atoms. The van der Waals surface area contributed by atoms with Gasteiger partial charge in [-0.3, -0.25) is 0 Å². The molecule has 0 radical (unpaired) electrons. The largest absolute Gasteiger partial charge is 0.309 e. The third-order valence-corrected chi connectivity index (χ3v) is 12.7. The van der Waals surface area contributed by atoms with E-state index in [9.17, 15) is 0 Å². The van der Waals surface area contributed by atoms with Gasteiger partial charge in [0.2, 0.25) is 0 Å². The number of nitrogens with zero attached hydrogens (tertiary/aromatic N) is 1. The fourth-order valence-electron chi connectivity index (χ4n) is 9.16. The van der Waals surface area contributed by atoms with Crippen LogP contribution in [0.5, 0.6) is 0 Å². The first-order valence-electron chi connectivity index (χ1n) is 18.4. The van der Waals surface area contributed by atoms with Crippen molar-refractivity contribution in [1.82, 2.24) is 0 Å². The molecule has 0 unspecified atom stereocenters. The third-order valence-electron chi connectivity index (χ3n) is 11.6. The minimum absolute atomic E-state index is 0.237. The van der Waals surface area contributed by atoms with E-state index >= 15 is 0 Å². The average Bonchev–Trinajstić information content (AvgIpc) is 3.68. The third kappa shape index (κ3) is 4.49. The van der Waals surface area contributed by atoms with Crippen molar-refractivity contribution < 1.29 is 0 Å². The highest BCUT2D eigenvalue weighted by molar-refractivity contribution is 7.25. The molecular formula is C51H35NS. The average molecular weight is 694 g/mol. The Morgan fingerprint density at radius 1 is 0.415 bits per heavy atom. The molecule has 53 heavy (non-hydrogen) atoms. The molecule has 250 valence electrons. The van der Waals surface area contributed by atoms with Crippen LogP contribution in [0, 0.1) is 0 Å². The second kappa shape index (κ2) is 11.4. The van der Waals surface area contributed by atoms with Crippen LogP contribution in [0.25, 0.3) is 74.7 Å². The highest BCUT2D eigenvalue weighted by atomic mass is 32.1. The molecule has 0 fully saturated rings. The highest BCUT2D eigenvalue weighted by Gasteiger charge is 2.39. The number of anilines is 3. The lowest BCUT2D eigenvalue weighted by molar-refractivity contribution is 0.661. The van der Waals surface area contributed by atoms with E-state index in [4.69, 9.17) is 0 Å². The predicted octanol–water partition coefficient (Wildman–Crippen LogP) is 15.0. The molecule has 0 saturated carbocycles. The van der Waals surface area contributed by atoms with Crippen LogP contribution >= 0.6 is 11.3 Å². The highest BCUT2D eigenvalue weighted by Crippen LogP contribution is 2.56. The lowest BCUT2D eigenvalue weighted by Gasteiger charge is -2.34. The summed E-state index contributed by atoms with van der Waals surface area (Å²) in [6.07, 6.45) is 0. The molecule has 0 aliphatic heterocycles. The Balaban J connectivity index is 1.26. The van der Waals surface area contributed by atoms with Crippen LogP contribution in [0.4, 0.5) is 17.1 Å². The minimum Gasteiger partial charge on any atom is -0.309 e. The summed E-state index contributed by atoms with van der Waals surface area (Å²) >= 11 is 1.87. The molecule has 0 saturated heterocycles. The predicted molar refractivity (Wildman–Crippen MR) is 230 cm³/mol. The fraction of sp³-hybridized carbons (Fsp3) is 0.0588. The van der Waals surface area contributed by atoms with E-state index in [1.54, 1.807) is 0 Å². The summed E-state index contributed by atoms with van der Waals surface area (Å²) in [5.41, 5.74) is 11.2. The van der Waals surface area contributed by atoms with Crippen LogP contribution in [-0.2, 0) is 5.41 Å². The zero-order valence-corrected chi connectivity index (χ0v) is 30.4. The van der Waals surface area contributed by atoms with E-state index in [1.807, 2.05) is 11.3 Å². The van der Waals surface area contributed by atoms with Crippen LogP contribution in [0.15, 0.2) is 176 Å². The monoisotopic (exact) mass is 693 g/mol. The summed E-state index contributed by atoms with van der Waals surface area (Å²) in [7, 11) is 0. The SMILES string of the molecule is CC1(C)c2cc3ccccc3cc2-c2cccc(N(c3ccc4sc5ccccc5c4c3)c3ccc4ccccc4c3-c3cccc4ccccc34)c21. The van der Waals surface area contributed by atoms with E-state index in [-0.39, 0.29) is 5.41 Å². The van der Waals surface area contributed by atoms with Gasteiger partial charge in [0.05, 0.1) is 11.4 Å². The Morgan fingerprint density at radius 2 is 1.04 bits per heavy atom. The van der Waals surface area contributed by atoms with Gasteiger partial charge in [-0.15, -0.1) is 11.3 Å². The number of hydrogen-bond acceptors (Lipinski definition) is 2. The molecule has 1 heterocycles. The van der Waals surface area contributed by atoms with Crippen molar-refractivity contribution in [2.45, 2.75) is 19.3 Å².